The molecule has 1 aliphatic heterocycles. The van der Waals surface area contributed by atoms with Gasteiger partial charge in [0.15, 0.2) is 0 Å². The number of hydrogen-bond donors (Lipinski definition) is 1. The zero-order valence-corrected chi connectivity index (χ0v) is 10.4. The van der Waals surface area contributed by atoms with Crippen LogP contribution >= 0.6 is 0 Å². The van der Waals surface area contributed by atoms with Crippen LogP contribution in [-0.2, 0) is 14.8 Å². The maximum absolute atomic E-state index is 11.8. The molecule has 1 aromatic rings. The molecule has 1 heterocycles. The predicted molar refractivity (Wildman–Crippen MR) is 68.9 cm³/mol. The number of aliphatic carboxylic acids is 1. The molecular formula is C12H13NO4S. The number of sulfonamides is 1. The Morgan fingerprint density at radius 2 is 2.17 bits per heavy atom. The molecule has 18 heavy (non-hydrogen) atoms. The minimum absolute atomic E-state index is 0.169. The van der Waals surface area contributed by atoms with Crippen LogP contribution in [0, 0.1) is 0 Å². The second-order valence-corrected chi connectivity index (χ2v) is 6.02. The van der Waals surface area contributed by atoms with Crippen molar-refractivity contribution in [1.29, 1.82) is 0 Å². The number of anilines is 1. The summed E-state index contributed by atoms with van der Waals surface area (Å²) in [7, 11) is -3.20. The van der Waals surface area contributed by atoms with Crippen LogP contribution in [0.25, 0.3) is 6.08 Å². The van der Waals surface area contributed by atoms with Crippen LogP contribution in [0.1, 0.15) is 12.0 Å². The Labute approximate surface area is 105 Å². The van der Waals surface area contributed by atoms with Gasteiger partial charge >= 0.3 is 5.97 Å². The van der Waals surface area contributed by atoms with Crippen LogP contribution in [0.15, 0.2) is 30.3 Å². The van der Waals surface area contributed by atoms with E-state index in [-0.39, 0.29) is 5.75 Å². The second-order valence-electron chi connectivity index (χ2n) is 4.01. The molecule has 0 radical (unpaired) electrons. The monoisotopic (exact) mass is 267 g/mol. The van der Waals surface area contributed by atoms with Gasteiger partial charge in [-0.25, -0.2) is 13.2 Å². The number of carboxylic acids is 1. The second kappa shape index (κ2) is 4.81. The van der Waals surface area contributed by atoms with Crippen LogP contribution in [0.5, 0.6) is 0 Å². The van der Waals surface area contributed by atoms with Crippen molar-refractivity contribution in [2.45, 2.75) is 6.42 Å². The molecule has 0 bridgehead atoms. The Hall–Kier alpha value is -1.82. The van der Waals surface area contributed by atoms with Crippen molar-refractivity contribution in [3.05, 3.63) is 35.9 Å². The fraction of sp³-hybridized carbons (Fsp3) is 0.250. The highest BCUT2D eigenvalue weighted by atomic mass is 32.2. The Kier molecular flexibility index (Phi) is 3.38. The van der Waals surface area contributed by atoms with Gasteiger partial charge in [0.25, 0.3) is 0 Å². The minimum Gasteiger partial charge on any atom is -0.478 e. The van der Waals surface area contributed by atoms with Gasteiger partial charge in [-0.2, -0.15) is 0 Å². The Morgan fingerprint density at radius 3 is 2.78 bits per heavy atom. The molecule has 2 rings (SSSR count). The first kappa shape index (κ1) is 12.6. The molecule has 0 aromatic heterocycles. The van der Waals surface area contributed by atoms with Gasteiger partial charge in [0.2, 0.25) is 10.0 Å². The summed E-state index contributed by atoms with van der Waals surface area (Å²) in [6.07, 6.45) is 3.09. The molecule has 0 aliphatic carbocycles. The van der Waals surface area contributed by atoms with E-state index >= 15 is 0 Å². The summed E-state index contributed by atoms with van der Waals surface area (Å²) in [6.45, 7) is 0.481. The zero-order valence-electron chi connectivity index (χ0n) is 9.61. The van der Waals surface area contributed by atoms with Crippen LogP contribution in [0.3, 0.4) is 0 Å². The molecule has 1 saturated heterocycles. The van der Waals surface area contributed by atoms with E-state index in [1.54, 1.807) is 24.3 Å². The molecule has 0 saturated carbocycles. The van der Waals surface area contributed by atoms with Gasteiger partial charge in [-0.05, 0) is 30.2 Å². The SMILES string of the molecule is O=C(O)/C=C/c1cccc(N2CCCS2(=O)=O)c1. The largest absolute Gasteiger partial charge is 0.478 e. The normalized spacial score (nSPS) is 18.3. The third-order valence-electron chi connectivity index (χ3n) is 2.68. The van der Waals surface area contributed by atoms with Crippen molar-refractivity contribution < 1.29 is 18.3 Å². The highest BCUT2D eigenvalue weighted by Crippen LogP contribution is 2.25. The molecular weight excluding hydrogens is 254 g/mol. The van der Waals surface area contributed by atoms with Crippen molar-refractivity contribution in [1.82, 2.24) is 0 Å². The summed E-state index contributed by atoms with van der Waals surface area (Å²) in [5.41, 5.74) is 1.25. The molecule has 1 aliphatic rings. The molecule has 0 atom stereocenters. The number of carbonyl (C=O) groups is 1. The average molecular weight is 267 g/mol. The van der Waals surface area contributed by atoms with E-state index in [1.165, 1.54) is 10.4 Å². The van der Waals surface area contributed by atoms with E-state index in [1.807, 2.05) is 0 Å². The van der Waals surface area contributed by atoms with Gasteiger partial charge < -0.3 is 5.11 Å². The molecule has 0 unspecified atom stereocenters. The van der Waals surface area contributed by atoms with E-state index in [9.17, 15) is 13.2 Å². The lowest BCUT2D eigenvalue weighted by atomic mass is 10.2. The highest BCUT2D eigenvalue weighted by Gasteiger charge is 2.28. The lowest BCUT2D eigenvalue weighted by Crippen LogP contribution is -2.24. The van der Waals surface area contributed by atoms with Gasteiger partial charge in [0, 0.05) is 12.6 Å². The lowest BCUT2D eigenvalue weighted by molar-refractivity contribution is -0.131. The fourth-order valence-corrected chi connectivity index (χ4v) is 3.44. The van der Waals surface area contributed by atoms with Crippen LogP contribution in [0.4, 0.5) is 5.69 Å². The fourth-order valence-electron chi connectivity index (χ4n) is 1.88. The highest BCUT2D eigenvalue weighted by molar-refractivity contribution is 7.93. The minimum atomic E-state index is -3.20. The van der Waals surface area contributed by atoms with Crippen molar-refractivity contribution >= 4 is 27.8 Å². The van der Waals surface area contributed by atoms with Gasteiger partial charge in [-0.15, -0.1) is 0 Å². The van der Waals surface area contributed by atoms with Crippen LogP contribution in [-0.4, -0.2) is 31.8 Å². The standard InChI is InChI=1S/C12H13NO4S/c14-12(15)6-5-10-3-1-4-11(9-10)13-7-2-8-18(13,16)17/h1,3-6,9H,2,7-8H2,(H,14,15)/b6-5+. The zero-order chi connectivity index (χ0) is 13.2. The van der Waals surface area contributed by atoms with Crippen LogP contribution < -0.4 is 4.31 Å². The smallest absolute Gasteiger partial charge is 0.328 e. The summed E-state index contributed by atoms with van der Waals surface area (Å²) in [4.78, 5) is 10.4. The first-order chi connectivity index (χ1) is 8.49. The quantitative estimate of drug-likeness (QED) is 0.838. The van der Waals surface area contributed by atoms with E-state index in [0.717, 1.165) is 6.08 Å². The van der Waals surface area contributed by atoms with Crippen LogP contribution in [0.2, 0.25) is 0 Å². The molecule has 5 nitrogen and oxygen atoms in total. The Bertz CT molecular complexity index is 592. The maximum Gasteiger partial charge on any atom is 0.328 e. The summed E-state index contributed by atoms with van der Waals surface area (Å²) in [5, 5.41) is 8.55. The molecule has 0 amide bonds. The van der Waals surface area contributed by atoms with Crippen molar-refractivity contribution in [3.63, 3.8) is 0 Å². The topological polar surface area (TPSA) is 74.7 Å². The van der Waals surface area contributed by atoms with Crippen molar-refractivity contribution in [2.75, 3.05) is 16.6 Å². The number of carboxylic acid groups (broad SMARTS) is 1. The Morgan fingerprint density at radius 1 is 1.39 bits per heavy atom. The maximum atomic E-state index is 11.8. The summed E-state index contributed by atoms with van der Waals surface area (Å²) in [6, 6.07) is 6.82. The predicted octanol–water partition coefficient (Wildman–Crippen LogP) is 1.32. The number of benzene rings is 1. The van der Waals surface area contributed by atoms with Crippen molar-refractivity contribution in [3.8, 4) is 0 Å². The van der Waals surface area contributed by atoms with E-state index in [2.05, 4.69) is 0 Å². The van der Waals surface area contributed by atoms with E-state index in [4.69, 9.17) is 5.11 Å². The van der Waals surface area contributed by atoms with E-state index in [0.29, 0.717) is 24.2 Å². The summed E-state index contributed by atoms with van der Waals surface area (Å²) < 4.78 is 24.9. The molecule has 6 heteroatoms. The van der Waals surface area contributed by atoms with E-state index < -0.39 is 16.0 Å². The number of nitrogens with zero attached hydrogens (tertiary/aromatic N) is 1. The lowest BCUT2D eigenvalue weighted by Gasteiger charge is -2.17. The molecule has 1 fully saturated rings. The number of rotatable bonds is 3. The summed E-state index contributed by atoms with van der Waals surface area (Å²) in [5.74, 6) is -0.864. The first-order valence-electron chi connectivity index (χ1n) is 5.50. The molecule has 1 aromatic carbocycles. The van der Waals surface area contributed by atoms with Gasteiger partial charge in [0.1, 0.15) is 0 Å². The van der Waals surface area contributed by atoms with Gasteiger partial charge in [-0.1, -0.05) is 12.1 Å². The third kappa shape index (κ3) is 2.70. The third-order valence-corrected chi connectivity index (χ3v) is 4.55. The van der Waals surface area contributed by atoms with Gasteiger partial charge in [0.05, 0.1) is 11.4 Å². The molecule has 0 spiro atoms. The first-order valence-corrected chi connectivity index (χ1v) is 7.11. The van der Waals surface area contributed by atoms with Gasteiger partial charge in [-0.3, -0.25) is 4.31 Å². The summed E-state index contributed by atoms with van der Waals surface area (Å²) >= 11 is 0. The molecule has 1 N–H and O–H groups in total. The van der Waals surface area contributed by atoms with Crippen molar-refractivity contribution in [2.24, 2.45) is 0 Å². The molecule has 96 valence electrons. The Balaban J connectivity index is 2.30. The average Bonchev–Trinajstić information content (AvgIpc) is 2.67. The number of hydrogen-bond acceptors (Lipinski definition) is 3.